The molecule has 0 unspecified atom stereocenters. The van der Waals surface area contributed by atoms with Crippen molar-refractivity contribution in [1.82, 2.24) is 15.2 Å². The van der Waals surface area contributed by atoms with Crippen molar-refractivity contribution in [3.63, 3.8) is 0 Å². The number of carbonyl (C=O) groups excluding carboxylic acids is 1. The summed E-state index contributed by atoms with van der Waals surface area (Å²) in [6.45, 7) is 3.27. The van der Waals surface area contributed by atoms with Crippen molar-refractivity contribution in [2.45, 2.75) is 6.04 Å². The predicted molar refractivity (Wildman–Crippen MR) is 118 cm³/mol. The lowest BCUT2D eigenvalue weighted by Crippen LogP contribution is -2.50. The third-order valence-corrected chi connectivity index (χ3v) is 5.41. The molecule has 6 nitrogen and oxygen atoms in total. The van der Waals surface area contributed by atoms with Crippen LogP contribution in [0.4, 0.5) is 14.9 Å². The fourth-order valence-electron chi connectivity index (χ4n) is 3.83. The van der Waals surface area contributed by atoms with Crippen LogP contribution in [0, 0.1) is 5.82 Å². The van der Waals surface area contributed by atoms with Crippen molar-refractivity contribution in [3.8, 4) is 5.75 Å². The lowest BCUT2D eigenvalue weighted by Gasteiger charge is -2.40. The van der Waals surface area contributed by atoms with E-state index in [1.54, 1.807) is 24.4 Å². The maximum absolute atomic E-state index is 14.2. The zero-order valence-corrected chi connectivity index (χ0v) is 17.2. The van der Waals surface area contributed by atoms with Crippen molar-refractivity contribution < 1.29 is 13.9 Å². The zero-order chi connectivity index (χ0) is 21.5. The minimum absolute atomic E-state index is 0.0557. The number of aromatic nitrogens is 1. The van der Waals surface area contributed by atoms with E-state index in [2.05, 4.69) is 20.1 Å². The first-order valence-electron chi connectivity index (χ1n) is 10.3. The topological polar surface area (TPSA) is 57.7 Å². The summed E-state index contributed by atoms with van der Waals surface area (Å²) in [5, 5.41) is 2.87. The Kier molecular flexibility index (Phi) is 6.74. The second kappa shape index (κ2) is 10.0. The minimum Gasteiger partial charge on any atom is -0.410 e. The molecule has 1 N–H and O–H groups in total. The van der Waals surface area contributed by atoms with Crippen LogP contribution in [0.5, 0.6) is 5.75 Å². The number of pyridine rings is 1. The molecule has 0 bridgehead atoms. The summed E-state index contributed by atoms with van der Waals surface area (Å²) in [4.78, 5) is 20.9. The van der Waals surface area contributed by atoms with Gasteiger partial charge in [-0.3, -0.25) is 9.88 Å². The van der Waals surface area contributed by atoms with Gasteiger partial charge in [0, 0.05) is 45.1 Å². The van der Waals surface area contributed by atoms with Crippen LogP contribution in [-0.4, -0.2) is 48.7 Å². The van der Waals surface area contributed by atoms with E-state index < -0.39 is 6.09 Å². The zero-order valence-electron chi connectivity index (χ0n) is 17.2. The Hall–Kier alpha value is -3.45. The highest BCUT2D eigenvalue weighted by Gasteiger charge is 2.27. The maximum atomic E-state index is 14.2. The number of hydrogen-bond donors (Lipinski definition) is 1. The summed E-state index contributed by atoms with van der Waals surface area (Å²) < 4.78 is 19.5. The number of nitrogens with one attached hydrogen (secondary N) is 1. The van der Waals surface area contributed by atoms with Gasteiger partial charge in [-0.2, -0.15) is 0 Å². The van der Waals surface area contributed by atoms with Gasteiger partial charge in [0.2, 0.25) is 0 Å². The van der Waals surface area contributed by atoms with Crippen LogP contribution in [-0.2, 0) is 0 Å². The molecule has 2 aromatic carbocycles. The third-order valence-electron chi connectivity index (χ3n) is 5.41. The van der Waals surface area contributed by atoms with E-state index in [9.17, 15) is 9.18 Å². The average molecular weight is 420 g/mol. The first-order chi connectivity index (χ1) is 15.2. The van der Waals surface area contributed by atoms with E-state index in [0.717, 1.165) is 18.7 Å². The summed E-state index contributed by atoms with van der Waals surface area (Å²) in [6, 6.07) is 19.7. The summed E-state index contributed by atoms with van der Waals surface area (Å²) in [6.07, 6.45) is 3.05. The number of benzene rings is 2. The molecule has 0 saturated carbocycles. The first-order valence-corrected chi connectivity index (χ1v) is 10.3. The third kappa shape index (κ3) is 5.38. The van der Waals surface area contributed by atoms with Gasteiger partial charge < -0.3 is 15.0 Å². The van der Waals surface area contributed by atoms with Crippen molar-refractivity contribution in [2.24, 2.45) is 0 Å². The van der Waals surface area contributed by atoms with Crippen molar-refractivity contribution >= 4 is 11.8 Å². The van der Waals surface area contributed by atoms with Crippen LogP contribution in [0.1, 0.15) is 11.6 Å². The lowest BCUT2D eigenvalue weighted by atomic mass is 10.1. The SMILES string of the molecule is O=C(NC[C@H](c1cccnc1)N1CCN(c2ccccc2F)CC1)Oc1ccccc1. The molecule has 0 radical (unpaired) electrons. The fraction of sp³-hybridized carbons (Fsp3) is 0.250. The molecular weight excluding hydrogens is 395 g/mol. The van der Waals surface area contributed by atoms with Gasteiger partial charge in [0.1, 0.15) is 11.6 Å². The molecular formula is C24H25FN4O2. The summed E-state index contributed by atoms with van der Waals surface area (Å²) in [5.41, 5.74) is 1.64. The van der Waals surface area contributed by atoms with E-state index in [-0.39, 0.29) is 11.9 Å². The molecule has 160 valence electrons. The Balaban J connectivity index is 1.40. The fourth-order valence-corrected chi connectivity index (χ4v) is 3.83. The molecule has 2 heterocycles. The molecule has 1 aromatic heterocycles. The highest BCUT2D eigenvalue weighted by molar-refractivity contribution is 5.70. The largest absolute Gasteiger partial charge is 0.412 e. The Morgan fingerprint density at radius 3 is 2.45 bits per heavy atom. The van der Waals surface area contributed by atoms with Crippen molar-refractivity contribution in [3.05, 3.63) is 90.5 Å². The predicted octanol–water partition coefficient (Wildman–Crippen LogP) is 3.87. The molecule has 0 aliphatic carbocycles. The van der Waals surface area contributed by atoms with Crippen LogP contribution in [0.2, 0.25) is 0 Å². The van der Waals surface area contributed by atoms with E-state index in [1.807, 2.05) is 48.7 Å². The van der Waals surface area contributed by atoms with Gasteiger partial charge in [-0.1, -0.05) is 36.4 Å². The molecule has 1 atom stereocenters. The molecule has 3 aromatic rings. The second-order valence-electron chi connectivity index (χ2n) is 7.36. The number of piperazine rings is 1. The van der Waals surface area contributed by atoms with Gasteiger partial charge in [0.05, 0.1) is 11.7 Å². The quantitative estimate of drug-likeness (QED) is 0.656. The van der Waals surface area contributed by atoms with E-state index in [1.165, 1.54) is 6.07 Å². The number of hydrogen-bond acceptors (Lipinski definition) is 5. The summed E-state index contributed by atoms with van der Waals surface area (Å²) >= 11 is 0. The normalized spacial score (nSPS) is 15.3. The first kappa shape index (κ1) is 20.8. The van der Waals surface area contributed by atoms with Gasteiger partial charge in [0.15, 0.2) is 0 Å². The van der Waals surface area contributed by atoms with Gasteiger partial charge in [-0.05, 0) is 35.9 Å². The molecule has 7 heteroatoms. The number of halogens is 1. The van der Waals surface area contributed by atoms with Crippen LogP contribution >= 0.6 is 0 Å². The number of ether oxygens (including phenoxy) is 1. The Morgan fingerprint density at radius 2 is 1.74 bits per heavy atom. The molecule has 1 aliphatic heterocycles. The van der Waals surface area contributed by atoms with Crippen LogP contribution < -0.4 is 15.0 Å². The van der Waals surface area contributed by atoms with Crippen LogP contribution in [0.25, 0.3) is 0 Å². The van der Waals surface area contributed by atoms with Crippen molar-refractivity contribution in [1.29, 1.82) is 0 Å². The summed E-state index contributed by atoms with van der Waals surface area (Å²) in [7, 11) is 0. The molecule has 1 saturated heterocycles. The highest BCUT2D eigenvalue weighted by atomic mass is 19.1. The van der Waals surface area contributed by atoms with E-state index >= 15 is 0 Å². The van der Waals surface area contributed by atoms with Crippen LogP contribution in [0.3, 0.4) is 0 Å². The minimum atomic E-state index is -0.495. The Labute approximate surface area is 181 Å². The molecule has 31 heavy (non-hydrogen) atoms. The average Bonchev–Trinajstić information content (AvgIpc) is 2.81. The number of anilines is 1. The maximum Gasteiger partial charge on any atom is 0.412 e. The molecule has 4 rings (SSSR count). The van der Waals surface area contributed by atoms with Gasteiger partial charge >= 0.3 is 6.09 Å². The van der Waals surface area contributed by atoms with Crippen molar-refractivity contribution in [2.75, 3.05) is 37.6 Å². The second-order valence-corrected chi connectivity index (χ2v) is 7.36. The smallest absolute Gasteiger partial charge is 0.410 e. The number of rotatable bonds is 6. The van der Waals surface area contributed by atoms with E-state index in [4.69, 9.17) is 4.74 Å². The standard InChI is InChI=1S/C24H25FN4O2/c25-21-10-4-5-11-22(21)28-13-15-29(16-14-28)23(19-7-6-12-26-17-19)18-27-24(30)31-20-8-2-1-3-9-20/h1-12,17,23H,13-16,18H2,(H,27,30)/t23-/m1/s1. The van der Waals surface area contributed by atoms with E-state index in [0.29, 0.717) is 31.1 Å². The van der Waals surface area contributed by atoms with Gasteiger partial charge in [-0.25, -0.2) is 9.18 Å². The number of nitrogens with zero attached hydrogens (tertiary/aromatic N) is 3. The molecule has 1 amide bonds. The lowest BCUT2D eigenvalue weighted by molar-refractivity contribution is 0.169. The number of amides is 1. The molecule has 0 spiro atoms. The Bertz CT molecular complexity index is 979. The highest BCUT2D eigenvalue weighted by Crippen LogP contribution is 2.25. The van der Waals surface area contributed by atoms with Gasteiger partial charge in [-0.15, -0.1) is 0 Å². The molecule has 1 aliphatic rings. The Morgan fingerprint density at radius 1 is 1.00 bits per heavy atom. The number of para-hydroxylation sites is 2. The van der Waals surface area contributed by atoms with Gasteiger partial charge in [0.25, 0.3) is 0 Å². The molecule has 1 fully saturated rings. The monoisotopic (exact) mass is 420 g/mol. The summed E-state index contributed by atoms with van der Waals surface area (Å²) in [5.74, 6) is 0.293. The number of carbonyl (C=O) groups is 1. The van der Waals surface area contributed by atoms with Crippen LogP contribution in [0.15, 0.2) is 79.1 Å².